The Morgan fingerprint density at radius 1 is 1.46 bits per heavy atom. The zero-order valence-electron chi connectivity index (χ0n) is 7.32. The van der Waals surface area contributed by atoms with E-state index >= 15 is 0 Å². The molecule has 0 spiro atoms. The number of nitrogens with one attached hydrogen (secondary N) is 3. The predicted molar refractivity (Wildman–Crippen MR) is 48.8 cm³/mol. The van der Waals surface area contributed by atoms with Crippen LogP contribution in [0.4, 0.5) is 0 Å². The van der Waals surface area contributed by atoms with E-state index in [4.69, 9.17) is 0 Å². The Kier molecular flexibility index (Phi) is 3.56. The van der Waals surface area contributed by atoms with Gasteiger partial charge >= 0.3 is 0 Å². The van der Waals surface area contributed by atoms with Crippen LogP contribution < -0.4 is 10.6 Å². The third kappa shape index (κ3) is 3.42. The number of aromatic amines is 1. The first-order valence-corrected chi connectivity index (χ1v) is 3.94. The smallest absolute Gasteiger partial charge is 0.185 e. The van der Waals surface area contributed by atoms with Crippen molar-refractivity contribution in [3.05, 3.63) is 30.6 Å². The third-order valence-corrected chi connectivity index (χ3v) is 1.41. The van der Waals surface area contributed by atoms with E-state index in [9.17, 15) is 4.79 Å². The van der Waals surface area contributed by atoms with Gasteiger partial charge in [0.2, 0.25) is 0 Å². The lowest BCUT2D eigenvalue weighted by Gasteiger charge is -2.00. The predicted octanol–water partition coefficient (Wildman–Crippen LogP) is 0.219. The van der Waals surface area contributed by atoms with Crippen LogP contribution in [-0.4, -0.2) is 22.4 Å². The Labute approximate surface area is 76.3 Å². The molecule has 0 radical (unpaired) electrons. The van der Waals surface area contributed by atoms with Crippen molar-refractivity contribution in [1.82, 2.24) is 20.6 Å². The maximum absolute atomic E-state index is 9.77. The fourth-order valence-electron chi connectivity index (χ4n) is 0.775. The highest BCUT2D eigenvalue weighted by atomic mass is 16.1. The van der Waals surface area contributed by atoms with Gasteiger partial charge in [-0.25, -0.2) is 4.98 Å². The second-order valence-corrected chi connectivity index (χ2v) is 2.48. The molecule has 1 aromatic rings. The summed E-state index contributed by atoms with van der Waals surface area (Å²) in [6.07, 6.45) is 8.02. The molecule has 2 heterocycles. The molecule has 0 saturated carbocycles. The van der Waals surface area contributed by atoms with E-state index in [0.717, 1.165) is 0 Å². The van der Waals surface area contributed by atoms with Gasteiger partial charge in [0.1, 0.15) is 0 Å². The van der Waals surface area contributed by atoms with Crippen molar-refractivity contribution in [1.29, 1.82) is 0 Å². The molecule has 2 rings (SSSR count). The van der Waals surface area contributed by atoms with E-state index in [1.54, 1.807) is 6.20 Å². The number of aldehydes is 1. The second kappa shape index (κ2) is 4.97. The van der Waals surface area contributed by atoms with Crippen molar-refractivity contribution in [2.45, 2.75) is 13.1 Å². The third-order valence-electron chi connectivity index (χ3n) is 1.41. The van der Waals surface area contributed by atoms with Crippen molar-refractivity contribution in [3.63, 3.8) is 0 Å². The number of H-pyrrole nitrogens is 1. The number of rotatable bonds is 1. The van der Waals surface area contributed by atoms with Crippen LogP contribution in [0.15, 0.2) is 24.8 Å². The number of hydrogen-bond donors (Lipinski definition) is 3. The van der Waals surface area contributed by atoms with Gasteiger partial charge in [-0.2, -0.15) is 0 Å². The fourth-order valence-corrected chi connectivity index (χ4v) is 0.775. The number of carbonyl (C=O) groups excluding carboxylic acids is 1. The van der Waals surface area contributed by atoms with Crippen molar-refractivity contribution in [2.75, 3.05) is 0 Å². The minimum atomic E-state index is 0.375. The molecular weight excluding hydrogens is 168 g/mol. The van der Waals surface area contributed by atoms with Crippen LogP contribution in [0.25, 0.3) is 0 Å². The van der Waals surface area contributed by atoms with Gasteiger partial charge in [-0.1, -0.05) is 0 Å². The summed E-state index contributed by atoms with van der Waals surface area (Å²) in [5.74, 6) is 0.375. The van der Waals surface area contributed by atoms with Gasteiger partial charge in [-0.3, -0.25) is 4.79 Å². The van der Waals surface area contributed by atoms with Crippen LogP contribution in [0, 0.1) is 0 Å². The van der Waals surface area contributed by atoms with Crippen LogP contribution in [0.1, 0.15) is 17.5 Å². The lowest BCUT2D eigenvalue weighted by molar-refractivity contribution is 0.111. The molecule has 0 aliphatic carbocycles. The van der Waals surface area contributed by atoms with Crippen LogP contribution in [0.3, 0.4) is 0 Å². The summed E-state index contributed by atoms with van der Waals surface area (Å²) >= 11 is 0. The molecular formula is C8H12N4O. The fraction of sp³-hybridized carbons (Fsp3) is 0.250. The Morgan fingerprint density at radius 2 is 2.15 bits per heavy atom. The summed E-state index contributed by atoms with van der Waals surface area (Å²) in [7, 11) is 0. The number of hydrogen-bond acceptors (Lipinski definition) is 4. The topological polar surface area (TPSA) is 69.8 Å². The molecule has 0 bridgehead atoms. The minimum absolute atomic E-state index is 0.375. The Hall–Kier alpha value is -1.78. The van der Waals surface area contributed by atoms with Crippen molar-refractivity contribution < 1.29 is 4.79 Å². The lowest BCUT2D eigenvalue weighted by Crippen LogP contribution is -2.25. The molecule has 13 heavy (non-hydrogen) atoms. The summed E-state index contributed by atoms with van der Waals surface area (Å²) in [5, 5.41) is 6.06. The lowest BCUT2D eigenvalue weighted by atomic mass is 10.6. The van der Waals surface area contributed by atoms with E-state index < -0.39 is 0 Å². The SMILES string of the molecule is CC1NC=CN1.O=Cc1ncc[nH]1. The molecule has 0 amide bonds. The number of imidazole rings is 1. The monoisotopic (exact) mass is 180 g/mol. The molecule has 0 atom stereocenters. The highest BCUT2D eigenvalue weighted by Gasteiger charge is 1.94. The summed E-state index contributed by atoms with van der Waals surface area (Å²) in [6.45, 7) is 2.06. The summed E-state index contributed by atoms with van der Waals surface area (Å²) in [6, 6.07) is 0. The summed E-state index contributed by atoms with van der Waals surface area (Å²) < 4.78 is 0. The molecule has 1 aliphatic heterocycles. The van der Waals surface area contributed by atoms with Gasteiger partial charge in [0, 0.05) is 24.8 Å². The maximum atomic E-state index is 9.77. The normalized spacial score (nSPS) is 13.9. The first-order valence-electron chi connectivity index (χ1n) is 3.94. The van der Waals surface area contributed by atoms with Gasteiger partial charge in [0.25, 0.3) is 0 Å². The molecule has 70 valence electrons. The molecule has 3 N–H and O–H groups in total. The zero-order valence-corrected chi connectivity index (χ0v) is 7.32. The molecule has 1 aliphatic rings. The van der Waals surface area contributed by atoms with E-state index in [1.807, 2.05) is 12.4 Å². The highest BCUT2D eigenvalue weighted by Crippen LogP contribution is 1.80. The molecule has 0 aromatic carbocycles. The van der Waals surface area contributed by atoms with Crippen molar-refractivity contribution in [2.24, 2.45) is 0 Å². The molecule has 0 saturated heterocycles. The van der Waals surface area contributed by atoms with Gasteiger partial charge in [-0.15, -0.1) is 0 Å². The molecule has 0 unspecified atom stereocenters. The Balaban J connectivity index is 0.000000132. The van der Waals surface area contributed by atoms with Crippen LogP contribution in [-0.2, 0) is 0 Å². The molecule has 5 heteroatoms. The Bertz CT molecular complexity index is 260. The number of nitrogens with zero attached hydrogens (tertiary/aromatic N) is 1. The van der Waals surface area contributed by atoms with Gasteiger partial charge in [0.15, 0.2) is 12.1 Å². The van der Waals surface area contributed by atoms with Crippen LogP contribution in [0.5, 0.6) is 0 Å². The van der Waals surface area contributed by atoms with Crippen LogP contribution in [0.2, 0.25) is 0 Å². The average molecular weight is 180 g/mol. The van der Waals surface area contributed by atoms with Gasteiger partial charge < -0.3 is 15.6 Å². The first-order chi connectivity index (χ1) is 6.33. The zero-order chi connectivity index (χ0) is 9.52. The quantitative estimate of drug-likeness (QED) is 0.541. The van der Waals surface area contributed by atoms with Gasteiger partial charge in [-0.05, 0) is 6.92 Å². The standard InChI is InChI=1S/C4H4N2O.C4H8N2/c7-3-4-5-1-2-6-4;1-4-5-2-3-6-4/h1-3H,(H,5,6);2-6H,1H3. The first kappa shape index (κ1) is 9.31. The maximum Gasteiger partial charge on any atom is 0.185 e. The van der Waals surface area contributed by atoms with Crippen molar-refractivity contribution in [3.8, 4) is 0 Å². The van der Waals surface area contributed by atoms with Crippen LogP contribution >= 0.6 is 0 Å². The Morgan fingerprint density at radius 3 is 2.38 bits per heavy atom. The van der Waals surface area contributed by atoms with E-state index in [2.05, 4.69) is 27.5 Å². The highest BCUT2D eigenvalue weighted by molar-refractivity contribution is 5.68. The molecule has 0 fully saturated rings. The average Bonchev–Trinajstić information content (AvgIpc) is 2.76. The van der Waals surface area contributed by atoms with E-state index in [0.29, 0.717) is 18.3 Å². The number of carbonyl (C=O) groups is 1. The molecule has 5 nitrogen and oxygen atoms in total. The largest absolute Gasteiger partial charge is 0.370 e. The second-order valence-electron chi connectivity index (χ2n) is 2.48. The molecule has 1 aromatic heterocycles. The van der Waals surface area contributed by atoms with Gasteiger partial charge in [0.05, 0.1) is 6.17 Å². The summed E-state index contributed by atoms with van der Waals surface area (Å²) in [5.41, 5.74) is 0. The number of aromatic nitrogens is 2. The summed E-state index contributed by atoms with van der Waals surface area (Å²) in [4.78, 5) is 16.0. The minimum Gasteiger partial charge on any atom is -0.370 e. The van der Waals surface area contributed by atoms with E-state index in [-0.39, 0.29) is 0 Å². The van der Waals surface area contributed by atoms with Crippen molar-refractivity contribution >= 4 is 6.29 Å². The van der Waals surface area contributed by atoms with E-state index in [1.165, 1.54) is 6.20 Å².